The van der Waals surface area contributed by atoms with Crippen LogP contribution in [0.4, 0.5) is 0 Å². The normalized spacial score (nSPS) is 30.0. The molecular formula is C40H51NO2. The molecule has 1 fully saturated rings. The highest BCUT2D eigenvalue weighted by atomic mass is 16.5. The van der Waals surface area contributed by atoms with E-state index in [-0.39, 0.29) is 12.2 Å². The van der Waals surface area contributed by atoms with Crippen LogP contribution in [0.3, 0.4) is 0 Å². The highest BCUT2D eigenvalue weighted by Crippen LogP contribution is 2.38. The number of morpholine rings is 1. The van der Waals surface area contributed by atoms with Crippen LogP contribution in [0, 0.1) is 5.92 Å². The number of allylic oxidation sites excluding steroid dienone is 9. The van der Waals surface area contributed by atoms with Crippen molar-refractivity contribution in [2.45, 2.75) is 91.8 Å². The second-order valence-corrected chi connectivity index (χ2v) is 12.9. The van der Waals surface area contributed by atoms with E-state index >= 15 is 0 Å². The summed E-state index contributed by atoms with van der Waals surface area (Å²) < 4.78 is 12.4. The van der Waals surface area contributed by atoms with Crippen molar-refractivity contribution in [3.63, 3.8) is 0 Å². The van der Waals surface area contributed by atoms with Gasteiger partial charge >= 0.3 is 0 Å². The molecule has 1 heterocycles. The summed E-state index contributed by atoms with van der Waals surface area (Å²) >= 11 is 0. The Hall–Kier alpha value is -3.30. The van der Waals surface area contributed by atoms with Crippen molar-refractivity contribution in [3.8, 4) is 11.1 Å². The number of nitrogens with zero attached hydrogens (tertiary/aromatic N) is 1. The van der Waals surface area contributed by atoms with Crippen LogP contribution in [0.25, 0.3) is 16.9 Å². The molecule has 228 valence electrons. The second-order valence-electron chi connectivity index (χ2n) is 12.9. The first-order valence-corrected chi connectivity index (χ1v) is 16.5. The number of ether oxygens (including phenoxy) is 2. The summed E-state index contributed by atoms with van der Waals surface area (Å²) in [7, 11) is 1.83. The Kier molecular flexibility index (Phi) is 10.1. The van der Waals surface area contributed by atoms with Gasteiger partial charge in [0.2, 0.25) is 0 Å². The summed E-state index contributed by atoms with van der Waals surface area (Å²) in [6, 6.07) is 16.0. The largest absolute Gasteiger partial charge is 0.495 e. The Morgan fingerprint density at radius 2 is 1.63 bits per heavy atom. The topological polar surface area (TPSA) is 21.7 Å². The third-order valence-electron chi connectivity index (χ3n) is 9.50. The quantitative estimate of drug-likeness (QED) is 0.341. The third-order valence-corrected chi connectivity index (χ3v) is 9.50. The molecule has 3 aliphatic rings. The molecule has 3 heteroatoms. The summed E-state index contributed by atoms with van der Waals surface area (Å²) in [5.41, 5.74) is 11.7. The average Bonchev–Trinajstić information content (AvgIpc) is 3.08. The lowest BCUT2D eigenvalue weighted by molar-refractivity contribution is -0.0602. The minimum Gasteiger partial charge on any atom is -0.495 e. The van der Waals surface area contributed by atoms with Crippen molar-refractivity contribution in [3.05, 3.63) is 112 Å². The van der Waals surface area contributed by atoms with Gasteiger partial charge in [-0.15, -0.1) is 0 Å². The highest BCUT2D eigenvalue weighted by molar-refractivity contribution is 5.80. The summed E-state index contributed by atoms with van der Waals surface area (Å²) in [6.45, 7) is 15.4. The predicted octanol–water partition coefficient (Wildman–Crippen LogP) is 10.0. The Morgan fingerprint density at radius 1 is 0.930 bits per heavy atom. The molecule has 0 spiro atoms. The zero-order valence-corrected chi connectivity index (χ0v) is 27.5. The maximum absolute atomic E-state index is 6.36. The minimum atomic E-state index is 0.235. The van der Waals surface area contributed by atoms with Gasteiger partial charge < -0.3 is 14.4 Å². The van der Waals surface area contributed by atoms with E-state index in [0.29, 0.717) is 11.8 Å². The van der Waals surface area contributed by atoms with Crippen LogP contribution in [0.5, 0.6) is 0 Å². The summed E-state index contributed by atoms with van der Waals surface area (Å²) in [6.07, 6.45) is 17.6. The van der Waals surface area contributed by atoms with E-state index in [1.54, 1.807) is 0 Å². The van der Waals surface area contributed by atoms with Crippen molar-refractivity contribution >= 4 is 5.76 Å². The standard InChI is InChI=1S/C40H51NO2/c1-8-27(2)32-20-22-33(23-21-32)35-18-13-19-38-36(35)15-10-9-11-16-37(40(38)42-7)34-17-12-14-28(3)39(24-29(34)4)41-25-30(5)43-31(6)26-41/h11-13,16-24,27-28,30-31H,8-10,14-15,25-26H2,1-7H3/b16-11-,17-12+,34-29+,39-24+,40-37-/t27?,28-,30-,31+/m1/s1. The van der Waals surface area contributed by atoms with Crippen LogP contribution >= 0.6 is 0 Å². The van der Waals surface area contributed by atoms with Crippen molar-refractivity contribution < 1.29 is 9.47 Å². The van der Waals surface area contributed by atoms with Gasteiger partial charge in [0.05, 0.1) is 19.3 Å². The molecule has 1 saturated heterocycles. The lowest BCUT2D eigenvalue weighted by Crippen LogP contribution is -2.45. The fraction of sp³-hybridized carbons (Fsp3) is 0.450. The van der Waals surface area contributed by atoms with Gasteiger partial charge in [-0.2, -0.15) is 0 Å². The summed E-state index contributed by atoms with van der Waals surface area (Å²) in [4.78, 5) is 2.56. The Balaban J connectivity index is 1.63. The van der Waals surface area contributed by atoms with E-state index in [2.05, 4.69) is 119 Å². The van der Waals surface area contributed by atoms with Crippen molar-refractivity contribution in [2.24, 2.45) is 5.92 Å². The first kappa shape index (κ1) is 31.1. The molecule has 0 N–H and O–H groups in total. The van der Waals surface area contributed by atoms with E-state index in [1.165, 1.54) is 44.7 Å². The zero-order chi connectivity index (χ0) is 30.5. The molecule has 43 heavy (non-hydrogen) atoms. The van der Waals surface area contributed by atoms with Crippen LogP contribution in [0.2, 0.25) is 0 Å². The van der Waals surface area contributed by atoms with Gasteiger partial charge in [0.15, 0.2) is 0 Å². The smallest absolute Gasteiger partial charge is 0.134 e. The molecule has 0 saturated carbocycles. The van der Waals surface area contributed by atoms with E-state index in [0.717, 1.165) is 56.5 Å². The molecule has 3 nitrogen and oxygen atoms in total. The molecule has 1 unspecified atom stereocenters. The SMILES string of the molecule is CCC(C)c1ccc(-c2cccc3c2CCC\C=C/C(C2=C(C)/C=C(/N4C[C@@H](C)O[C@@H](C)C4)[C@H](C)C\C=C\2)=C\3OC)cc1. The molecule has 2 aromatic carbocycles. The van der Waals surface area contributed by atoms with Crippen LogP contribution in [-0.4, -0.2) is 37.3 Å². The van der Waals surface area contributed by atoms with Crippen molar-refractivity contribution in [1.82, 2.24) is 4.90 Å². The zero-order valence-electron chi connectivity index (χ0n) is 27.5. The van der Waals surface area contributed by atoms with Gasteiger partial charge in [0.25, 0.3) is 0 Å². The summed E-state index contributed by atoms with van der Waals surface area (Å²) in [5.74, 6) is 1.99. The van der Waals surface area contributed by atoms with Crippen LogP contribution in [-0.2, 0) is 15.9 Å². The Bertz CT molecular complexity index is 1430. The van der Waals surface area contributed by atoms with Crippen LogP contribution in [0.15, 0.2) is 95.3 Å². The molecule has 5 rings (SSSR count). The monoisotopic (exact) mass is 577 g/mol. The van der Waals surface area contributed by atoms with Crippen LogP contribution in [0.1, 0.15) is 89.8 Å². The number of rotatable bonds is 6. The number of methoxy groups -OCH3 is 1. The molecule has 1 aliphatic heterocycles. The molecule has 2 aromatic rings. The fourth-order valence-corrected chi connectivity index (χ4v) is 6.99. The number of hydrogen-bond acceptors (Lipinski definition) is 3. The van der Waals surface area contributed by atoms with Crippen molar-refractivity contribution in [1.29, 1.82) is 0 Å². The lowest BCUT2D eigenvalue weighted by Gasteiger charge is -2.40. The average molecular weight is 578 g/mol. The molecule has 2 aliphatic carbocycles. The summed E-state index contributed by atoms with van der Waals surface area (Å²) in [5, 5.41) is 0. The van der Waals surface area contributed by atoms with Gasteiger partial charge in [0, 0.05) is 29.9 Å². The number of fused-ring (bicyclic) bond motifs is 1. The third kappa shape index (κ3) is 6.93. The van der Waals surface area contributed by atoms with Gasteiger partial charge in [-0.1, -0.05) is 87.5 Å². The molecule has 0 aromatic heterocycles. The number of hydrogen-bond donors (Lipinski definition) is 0. The number of benzene rings is 2. The second kappa shape index (κ2) is 14.0. The Labute approximate surface area is 260 Å². The first-order valence-electron chi connectivity index (χ1n) is 16.5. The van der Waals surface area contributed by atoms with Crippen molar-refractivity contribution in [2.75, 3.05) is 20.2 Å². The Morgan fingerprint density at radius 3 is 2.33 bits per heavy atom. The molecule has 0 amide bonds. The van der Waals surface area contributed by atoms with E-state index < -0.39 is 0 Å². The maximum Gasteiger partial charge on any atom is 0.134 e. The van der Waals surface area contributed by atoms with E-state index in [1.807, 2.05) is 7.11 Å². The molecule has 0 bridgehead atoms. The van der Waals surface area contributed by atoms with E-state index in [4.69, 9.17) is 9.47 Å². The molecule has 0 radical (unpaired) electrons. The minimum absolute atomic E-state index is 0.235. The highest BCUT2D eigenvalue weighted by Gasteiger charge is 2.27. The van der Waals surface area contributed by atoms with E-state index in [9.17, 15) is 0 Å². The maximum atomic E-state index is 6.36. The van der Waals surface area contributed by atoms with Gasteiger partial charge in [-0.05, 0) is 104 Å². The predicted molar refractivity (Wildman–Crippen MR) is 182 cm³/mol. The fourth-order valence-electron chi connectivity index (χ4n) is 6.99. The van der Waals surface area contributed by atoms with Gasteiger partial charge in [0.1, 0.15) is 5.76 Å². The lowest BCUT2D eigenvalue weighted by atomic mass is 9.87. The molecular weight excluding hydrogens is 526 g/mol. The van der Waals surface area contributed by atoms with Gasteiger partial charge in [-0.3, -0.25) is 0 Å². The molecule has 4 atom stereocenters. The van der Waals surface area contributed by atoms with Crippen LogP contribution < -0.4 is 0 Å². The first-order chi connectivity index (χ1) is 20.8. The van der Waals surface area contributed by atoms with Gasteiger partial charge in [-0.25, -0.2) is 0 Å².